The number of nitrogens with zero attached hydrogens (tertiary/aromatic N) is 2. The van der Waals surface area contributed by atoms with Gasteiger partial charge in [0.15, 0.2) is 17.2 Å². The van der Waals surface area contributed by atoms with Crippen LogP contribution in [0.2, 0.25) is 5.02 Å². The molecule has 0 aliphatic heterocycles. The first-order valence-electron chi connectivity index (χ1n) is 7.92. The van der Waals surface area contributed by atoms with Crippen molar-refractivity contribution in [3.05, 3.63) is 58.7 Å². The summed E-state index contributed by atoms with van der Waals surface area (Å²) in [6.07, 6.45) is -3.17. The number of halogens is 4. The average Bonchev–Trinajstić information content (AvgIpc) is 3.11. The zero-order valence-corrected chi connectivity index (χ0v) is 16.3. The molecule has 1 heterocycles. The molecule has 28 heavy (non-hydrogen) atoms. The Bertz CT molecular complexity index is 1000. The van der Waals surface area contributed by atoms with Gasteiger partial charge in [-0.25, -0.2) is 9.98 Å². The van der Waals surface area contributed by atoms with Gasteiger partial charge in [-0.3, -0.25) is 0 Å². The topological polar surface area (TPSA) is 43.7 Å². The number of hydrogen-bond acceptors (Lipinski definition) is 5. The smallest absolute Gasteiger partial charge is 0.434 e. The van der Waals surface area contributed by atoms with Crippen LogP contribution in [0.3, 0.4) is 0 Å². The highest BCUT2D eigenvalue weighted by Gasteiger charge is 2.38. The highest BCUT2D eigenvalue weighted by atomic mass is 35.5. The van der Waals surface area contributed by atoms with Crippen LogP contribution in [-0.2, 0) is 6.18 Å². The van der Waals surface area contributed by atoms with E-state index in [1.165, 1.54) is 44.7 Å². The van der Waals surface area contributed by atoms with Crippen LogP contribution in [-0.4, -0.2) is 25.4 Å². The van der Waals surface area contributed by atoms with Crippen molar-refractivity contribution >= 4 is 34.3 Å². The van der Waals surface area contributed by atoms with Gasteiger partial charge >= 0.3 is 6.18 Å². The summed E-state index contributed by atoms with van der Waals surface area (Å²) in [6.45, 7) is 0. The van der Waals surface area contributed by atoms with Gasteiger partial charge in [0.05, 0.1) is 19.1 Å². The minimum absolute atomic E-state index is 0.00735. The van der Waals surface area contributed by atoms with E-state index in [9.17, 15) is 13.2 Å². The average molecular weight is 427 g/mol. The number of aromatic nitrogens is 1. The molecule has 0 N–H and O–H groups in total. The molecule has 0 saturated heterocycles. The number of ether oxygens (including phenoxy) is 2. The molecule has 0 amide bonds. The Kier molecular flexibility index (Phi) is 5.90. The molecular formula is C19H14ClF3N2O2S. The number of benzene rings is 2. The van der Waals surface area contributed by atoms with Crippen molar-refractivity contribution in [2.75, 3.05) is 14.2 Å². The number of thiazole rings is 1. The summed E-state index contributed by atoms with van der Waals surface area (Å²) in [5, 5.41) is 0.431. The van der Waals surface area contributed by atoms with E-state index >= 15 is 0 Å². The first-order valence-corrected chi connectivity index (χ1v) is 9.11. The maximum absolute atomic E-state index is 13.4. The summed E-state index contributed by atoms with van der Waals surface area (Å²) in [6, 6.07) is 11.2. The fourth-order valence-corrected chi connectivity index (χ4v) is 3.48. The maximum atomic E-state index is 13.4. The molecule has 0 spiro atoms. The standard InChI is InChI=1S/C19H14ClF3N2O2S/c1-26-14-8-3-11(9-15(14)27-2)10-24-18-25-17(19(21,22)23)16(28-18)12-4-6-13(20)7-5-12/h3-10H,1-2H3/b24-10+. The molecule has 0 saturated carbocycles. The molecule has 0 aliphatic carbocycles. The van der Waals surface area contributed by atoms with Gasteiger partial charge in [-0.15, -0.1) is 0 Å². The van der Waals surface area contributed by atoms with Gasteiger partial charge in [0.2, 0.25) is 5.13 Å². The fourth-order valence-electron chi connectivity index (χ4n) is 2.42. The predicted octanol–water partition coefficient (Wildman–Crippen LogP) is 6.25. The van der Waals surface area contributed by atoms with E-state index in [4.69, 9.17) is 21.1 Å². The molecular weight excluding hydrogens is 413 g/mol. The van der Waals surface area contributed by atoms with Crippen molar-refractivity contribution < 1.29 is 22.6 Å². The van der Waals surface area contributed by atoms with Crippen LogP contribution in [0.4, 0.5) is 18.3 Å². The molecule has 146 valence electrons. The van der Waals surface area contributed by atoms with Crippen molar-refractivity contribution in [2.24, 2.45) is 4.99 Å². The molecule has 3 aromatic rings. The van der Waals surface area contributed by atoms with Gasteiger partial charge in [0, 0.05) is 11.2 Å². The van der Waals surface area contributed by atoms with Crippen molar-refractivity contribution in [1.29, 1.82) is 0 Å². The van der Waals surface area contributed by atoms with Gasteiger partial charge in [-0.1, -0.05) is 35.1 Å². The fraction of sp³-hybridized carbons (Fsp3) is 0.158. The Balaban J connectivity index is 1.97. The zero-order valence-electron chi connectivity index (χ0n) is 14.7. The molecule has 1 aromatic heterocycles. The van der Waals surface area contributed by atoms with E-state index in [1.54, 1.807) is 18.2 Å². The summed E-state index contributed by atoms with van der Waals surface area (Å²) in [5.74, 6) is 1.03. The highest BCUT2D eigenvalue weighted by molar-refractivity contribution is 7.18. The highest BCUT2D eigenvalue weighted by Crippen LogP contribution is 2.43. The molecule has 0 radical (unpaired) electrons. The molecule has 0 aliphatic rings. The zero-order chi connectivity index (χ0) is 20.3. The van der Waals surface area contributed by atoms with Crippen LogP contribution in [0.1, 0.15) is 11.3 Å². The Labute approximate surface area is 168 Å². The summed E-state index contributed by atoms with van der Waals surface area (Å²) < 4.78 is 50.6. The SMILES string of the molecule is COc1ccc(/C=N/c2nc(C(F)(F)F)c(-c3ccc(Cl)cc3)s2)cc1OC. The van der Waals surface area contributed by atoms with Crippen LogP contribution in [0.25, 0.3) is 10.4 Å². The van der Waals surface area contributed by atoms with Crippen LogP contribution in [0.15, 0.2) is 47.5 Å². The van der Waals surface area contributed by atoms with Crippen LogP contribution >= 0.6 is 22.9 Å². The number of alkyl halides is 3. The maximum Gasteiger partial charge on any atom is 0.434 e. The van der Waals surface area contributed by atoms with E-state index in [2.05, 4.69) is 9.98 Å². The number of aliphatic imine (C=N–C) groups is 1. The lowest BCUT2D eigenvalue weighted by Crippen LogP contribution is -2.06. The first-order chi connectivity index (χ1) is 13.3. The molecule has 0 fully saturated rings. The van der Waals surface area contributed by atoms with Gasteiger partial charge < -0.3 is 9.47 Å². The summed E-state index contributed by atoms with van der Waals surface area (Å²) in [7, 11) is 3.01. The number of methoxy groups -OCH3 is 2. The third-order valence-electron chi connectivity index (χ3n) is 3.72. The van der Waals surface area contributed by atoms with Crippen LogP contribution < -0.4 is 9.47 Å². The molecule has 0 atom stereocenters. The largest absolute Gasteiger partial charge is 0.493 e. The van der Waals surface area contributed by atoms with E-state index in [1.807, 2.05) is 0 Å². The minimum atomic E-state index is -4.59. The van der Waals surface area contributed by atoms with Crippen molar-refractivity contribution in [1.82, 2.24) is 4.98 Å². The Hall–Kier alpha value is -2.58. The minimum Gasteiger partial charge on any atom is -0.493 e. The van der Waals surface area contributed by atoms with Gasteiger partial charge in [0.1, 0.15) is 0 Å². The van der Waals surface area contributed by atoms with Crippen molar-refractivity contribution in [3.63, 3.8) is 0 Å². The second kappa shape index (κ2) is 8.20. The lowest BCUT2D eigenvalue weighted by atomic mass is 10.1. The van der Waals surface area contributed by atoms with Gasteiger partial charge in [0.25, 0.3) is 0 Å². The second-order valence-electron chi connectivity index (χ2n) is 5.55. The van der Waals surface area contributed by atoms with E-state index in [-0.39, 0.29) is 10.0 Å². The predicted molar refractivity (Wildman–Crippen MR) is 104 cm³/mol. The lowest BCUT2D eigenvalue weighted by molar-refractivity contribution is -0.140. The Morgan fingerprint density at radius 1 is 1.04 bits per heavy atom. The molecule has 2 aromatic carbocycles. The Morgan fingerprint density at radius 2 is 1.71 bits per heavy atom. The third kappa shape index (κ3) is 4.45. The number of rotatable bonds is 5. The molecule has 0 bridgehead atoms. The van der Waals surface area contributed by atoms with Crippen LogP contribution in [0.5, 0.6) is 11.5 Å². The van der Waals surface area contributed by atoms with Gasteiger partial charge in [-0.2, -0.15) is 13.2 Å². The normalized spacial score (nSPS) is 11.8. The monoisotopic (exact) mass is 426 g/mol. The summed E-state index contributed by atoms with van der Waals surface area (Å²) in [5.41, 5.74) is 0.0375. The molecule has 0 unspecified atom stereocenters. The molecule has 4 nitrogen and oxygen atoms in total. The first kappa shape index (κ1) is 20.2. The second-order valence-corrected chi connectivity index (χ2v) is 6.97. The van der Waals surface area contributed by atoms with Crippen molar-refractivity contribution in [2.45, 2.75) is 6.18 Å². The molecule has 9 heteroatoms. The lowest BCUT2D eigenvalue weighted by Gasteiger charge is -2.07. The van der Waals surface area contributed by atoms with E-state index in [0.29, 0.717) is 27.6 Å². The molecule has 3 rings (SSSR count). The summed E-state index contributed by atoms with van der Waals surface area (Å²) in [4.78, 5) is 7.77. The Morgan fingerprint density at radius 3 is 2.32 bits per heavy atom. The van der Waals surface area contributed by atoms with Crippen molar-refractivity contribution in [3.8, 4) is 21.9 Å². The van der Waals surface area contributed by atoms with E-state index in [0.717, 1.165) is 11.3 Å². The third-order valence-corrected chi connectivity index (χ3v) is 4.99. The quantitative estimate of drug-likeness (QED) is 0.453. The summed E-state index contributed by atoms with van der Waals surface area (Å²) >= 11 is 6.67. The van der Waals surface area contributed by atoms with Gasteiger partial charge in [-0.05, 0) is 41.5 Å². The number of hydrogen-bond donors (Lipinski definition) is 0. The van der Waals surface area contributed by atoms with Crippen LogP contribution in [0, 0.1) is 0 Å². The van der Waals surface area contributed by atoms with E-state index < -0.39 is 11.9 Å².